The van der Waals surface area contributed by atoms with E-state index in [2.05, 4.69) is 13.2 Å². The molecule has 11 heavy (non-hydrogen) atoms. The van der Waals surface area contributed by atoms with E-state index in [1.165, 1.54) is 0 Å². The van der Waals surface area contributed by atoms with Crippen LogP contribution in [0.25, 0.3) is 0 Å². The summed E-state index contributed by atoms with van der Waals surface area (Å²) in [7, 11) is 0. The summed E-state index contributed by atoms with van der Waals surface area (Å²) in [5.74, 6) is -0.775. The van der Waals surface area contributed by atoms with E-state index in [1.54, 1.807) is 6.07 Å². The van der Waals surface area contributed by atoms with Crippen LogP contribution in [-0.4, -0.2) is 6.29 Å². The molecule has 0 bridgehead atoms. The highest BCUT2D eigenvalue weighted by atomic mass is 19.1. The summed E-state index contributed by atoms with van der Waals surface area (Å²) in [5, 5.41) is 8.25. The van der Waals surface area contributed by atoms with Crippen LogP contribution in [0.5, 0.6) is 0 Å². The molecular formula is C8H6FNO. The molecule has 0 aromatic carbocycles. The van der Waals surface area contributed by atoms with Crippen LogP contribution >= 0.6 is 0 Å². The van der Waals surface area contributed by atoms with E-state index in [0.29, 0.717) is 6.29 Å². The average Bonchev–Trinajstić information content (AvgIpc) is 1.98. The van der Waals surface area contributed by atoms with E-state index in [1.807, 2.05) is 0 Å². The lowest BCUT2D eigenvalue weighted by Gasteiger charge is -1.90. The summed E-state index contributed by atoms with van der Waals surface area (Å²) in [6, 6.07) is 1.62. The zero-order valence-corrected chi connectivity index (χ0v) is 5.80. The minimum absolute atomic E-state index is 0.0706. The van der Waals surface area contributed by atoms with Crippen LogP contribution < -0.4 is 0 Å². The van der Waals surface area contributed by atoms with E-state index in [0.717, 1.165) is 6.08 Å². The third-order valence-electron chi connectivity index (χ3n) is 0.923. The van der Waals surface area contributed by atoms with E-state index in [-0.39, 0.29) is 11.1 Å². The van der Waals surface area contributed by atoms with Crippen molar-refractivity contribution in [2.24, 2.45) is 0 Å². The van der Waals surface area contributed by atoms with Crippen molar-refractivity contribution in [3.8, 4) is 6.07 Å². The Hall–Kier alpha value is -1.69. The molecule has 0 amide bonds. The monoisotopic (exact) mass is 151 g/mol. The van der Waals surface area contributed by atoms with Crippen molar-refractivity contribution in [1.82, 2.24) is 0 Å². The van der Waals surface area contributed by atoms with E-state index in [9.17, 15) is 9.18 Å². The van der Waals surface area contributed by atoms with Gasteiger partial charge in [0, 0.05) is 5.57 Å². The van der Waals surface area contributed by atoms with E-state index >= 15 is 0 Å². The van der Waals surface area contributed by atoms with Gasteiger partial charge in [-0.2, -0.15) is 5.26 Å². The van der Waals surface area contributed by atoms with Gasteiger partial charge in [-0.3, -0.25) is 4.79 Å². The van der Waals surface area contributed by atoms with Crippen molar-refractivity contribution >= 4 is 6.29 Å². The molecule has 0 aromatic rings. The smallest absolute Gasteiger partial charge is 0.151 e. The Labute approximate surface area is 63.9 Å². The predicted octanol–water partition coefficient (Wildman–Crippen LogP) is 1.67. The number of nitrogens with zero attached hydrogens (tertiary/aromatic N) is 1. The molecule has 0 atom stereocenters. The number of allylic oxidation sites excluding steroid dienone is 4. The number of hydrogen-bond acceptors (Lipinski definition) is 2. The van der Waals surface area contributed by atoms with Gasteiger partial charge in [0.1, 0.15) is 5.83 Å². The first-order valence-electron chi connectivity index (χ1n) is 2.72. The summed E-state index contributed by atoms with van der Waals surface area (Å²) < 4.78 is 12.1. The van der Waals surface area contributed by atoms with Gasteiger partial charge in [0.25, 0.3) is 0 Å². The molecule has 0 aliphatic rings. The third kappa shape index (κ3) is 3.11. The molecule has 56 valence electrons. The summed E-state index contributed by atoms with van der Waals surface area (Å²) in [5.41, 5.74) is -0.154. The van der Waals surface area contributed by atoms with Crippen LogP contribution in [0.15, 0.2) is 36.2 Å². The predicted molar refractivity (Wildman–Crippen MR) is 39.1 cm³/mol. The molecule has 0 spiro atoms. The van der Waals surface area contributed by atoms with E-state index < -0.39 is 5.83 Å². The maximum absolute atomic E-state index is 12.1. The molecule has 0 aromatic heterocycles. The zero-order chi connectivity index (χ0) is 8.85. The second-order valence-corrected chi connectivity index (χ2v) is 1.75. The van der Waals surface area contributed by atoms with Crippen LogP contribution in [0, 0.1) is 11.3 Å². The first-order chi connectivity index (χ1) is 5.11. The highest BCUT2D eigenvalue weighted by Gasteiger charge is 1.99. The molecule has 0 radical (unpaired) electrons. The standard InChI is InChI=1S/C8H6FNO/c1-6(4-10)8(5-11)3-7(2)9/h3,5H,1-2H2/b8-3-. The quantitative estimate of drug-likeness (QED) is 0.266. The van der Waals surface area contributed by atoms with Crippen LogP contribution in [0.1, 0.15) is 0 Å². The summed E-state index contributed by atoms with van der Waals surface area (Å²) in [6.45, 7) is 6.14. The fraction of sp³-hybridized carbons (Fsp3) is 0. The molecule has 0 unspecified atom stereocenters. The number of aldehydes is 1. The molecule has 0 saturated carbocycles. The SMILES string of the molecule is C=C(F)/C=C(/C=O)C(=C)C#N. The second-order valence-electron chi connectivity index (χ2n) is 1.75. The minimum atomic E-state index is -0.775. The summed E-state index contributed by atoms with van der Waals surface area (Å²) in [4.78, 5) is 10.2. The van der Waals surface area contributed by atoms with Crippen molar-refractivity contribution in [2.75, 3.05) is 0 Å². The molecule has 0 heterocycles. The fourth-order valence-corrected chi connectivity index (χ4v) is 0.426. The Balaban J connectivity index is 4.70. The molecule has 0 N–H and O–H groups in total. The molecule has 0 aliphatic carbocycles. The molecular weight excluding hydrogens is 145 g/mol. The molecule has 0 aliphatic heterocycles. The van der Waals surface area contributed by atoms with E-state index in [4.69, 9.17) is 5.26 Å². The van der Waals surface area contributed by atoms with Gasteiger partial charge in [-0.05, 0) is 6.08 Å². The molecule has 2 nitrogen and oxygen atoms in total. The second kappa shape index (κ2) is 4.18. The molecule has 0 saturated heterocycles. The van der Waals surface area contributed by atoms with Gasteiger partial charge in [-0.25, -0.2) is 4.39 Å². The lowest BCUT2D eigenvalue weighted by Crippen LogP contribution is -1.86. The molecule has 0 fully saturated rings. The highest BCUT2D eigenvalue weighted by molar-refractivity contribution is 5.82. The highest BCUT2D eigenvalue weighted by Crippen LogP contribution is 2.07. The Bertz CT molecular complexity index is 270. The van der Waals surface area contributed by atoms with Gasteiger partial charge >= 0.3 is 0 Å². The lowest BCUT2D eigenvalue weighted by molar-refractivity contribution is -0.104. The van der Waals surface area contributed by atoms with Crippen LogP contribution in [0.4, 0.5) is 4.39 Å². The summed E-state index contributed by atoms with van der Waals surface area (Å²) in [6.07, 6.45) is 1.22. The number of nitriles is 1. The zero-order valence-electron chi connectivity index (χ0n) is 5.80. The fourth-order valence-electron chi connectivity index (χ4n) is 0.426. The van der Waals surface area contributed by atoms with Crippen molar-refractivity contribution in [3.05, 3.63) is 36.2 Å². The van der Waals surface area contributed by atoms with Gasteiger partial charge in [0.15, 0.2) is 6.29 Å². The maximum Gasteiger partial charge on any atom is 0.151 e. The van der Waals surface area contributed by atoms with Gasteiger partial charge in [-0.1, -0.05) is 13.2 Å². The largest absolute Gasteiger partial charge is 0.298 e. The first-order valence-corrected chi connectivity index (χ1v) is 2.72. The molecule has 3 heteroatoms. The van der Waals surface area contributed by atoms with Crippen molar-refractivity contribution in [3.63, 3.8) is 0 Å². The number of rotatable bonds is 3. The number of hydrogen-bond donors (Lipinski definition) is 0. The maximum atomic E-state index is 12.1. The van der Waals surface area contributed by atoms with Crippen LogP contribution in [-0.2, 0) is 4.79 Å². The summed E-state index contributed by atoms with van der Waals surface area (Å²) >= 11 is 0. The number of halogens is 1. The normalized spacial score (nSPS) is 10.0. The Morgan fingerprint density at radius 2 is 2.09 bits per heavy atom. The molecule has 0 rings (SSSR count). The minimum Gasteiger partial charge on any atom is -0.298 e. The lowest BCUT2D eigenvalue weighted by atomic mass is 10.1. The van der Waals surface area contributed by atoms with Gasteiger partial charge in [0.05, 0.1) is 11.6 Å². The van der Waals surface area contributed by atoms with Crippen LogP contribution in [0.2, 0.25) is 0 Å². The van der Waals surface area contributed by atoms with Crippen molar-refractivity contribution in [1.29, 1.82) is 5.26 Å². The Morgan fingerprint density at radius 3 is 2.36 bits per heavy atom. The topological polar surface area (TPSA) is 40.9 Å². The van der Waals surface area contributed by atoms with Gasteiger partial charge in [-0.15, -0.1) is 0 Å². The average molecular weight is 151 g/mol. The van der Waals surface area contributed by atoms with Gasteiger partial charge < -0.3 is 0 Å². The Kier molecular flexibility index (Phi) is 3.54. The third-order valence-corrected chi connectivity index (χ3v) is 0.923. The Morgan fingerprint density at radius 1 is 1.55 bits per heavy atom. The number of carbonyl (C=O) groups excluding carboxylic acids is 1. The van der Waals surface area contributed by atoms with Crippen LogP contribution in [0.3, 0.4) is 0 Å². The van der Waals surface area contributed by atoms with Crippen molar-refractivity contribution in [2.45, 2.75) is 0 Å². The number of carbonyl (C=O) groups is 1. The van der Waals surface area contributed by atoms with Crippen molar-refractivity contribution < 1.29 is 9.18 Å². The first kappa shape index (κ1) is 9.31. The van der Waals surface area contributed by atoms with Gasteiger partial charge in [0.2, 0.25) is 0 Å².